The van der Waals surface area contributed by atoms with E-state index in [4.69, 9.17) is 9.78 Å². The molecule has 92 valence electrons. The second-order valence-electron chi connectivity index (χ2n) is 3.68. The van der Waals surface area contributed by atoms with Crippen LogP contribution in [0, 0.1) is 24.1 Å². The minimum atomic E-state index is -0.491. The molecule has 0 aliphatic rings. The monoisotopic (exact) mass is 309 g/mol. The standard InChI is InChI=1S/C12H9BrFN3O/c1-7-4-9(17-18-7)6-16-10-3-2-8(5-15)11(13)12(10)14/h2-4,16H,6H2,1H3. The minimum absolute atomic E-state index is 0.159. The van der Waals surface area contributed by atoms with E-state index in [9.17, 15) is 4.39 Å². The Balaban J connectivity index is 2.15. The van der Waals surface area contributed by atoms with Crippen LogP contribution in [0.1, 0.15) is 17.0 Å². The van der Waals surface area contributed by atoms with Crippen LogP contribution >= 0.6 is 15.9 Å². The molecule has 18 heavy (non-hydrogen) atoms. The van der Waals surface area contributed by atoms with Crippen molar-refractivity contribution in [2.75, 3.05) is 5.32 Å². The van der Waals surface area contributed by atoms with Gasteiger partial charge in [0.1, 0.15) is 17.5 Å². The normalized spacial score (nSPS) is 10.1. The summed E-state index contributed by atoms with van der Waals surface area (Å²) in [5.41, 5.74) is 1.25. The molecule has 1 heterocycles. The van der Waals surface area contributed by atoms with E-state index >= 15 is 0 Å². The fourth-order valence-electron chi connectivity index (χ4n) is 1.46. The number of anilines is 1. The Morgan fingerprint density at radius 1 is 1.56 bits per heavy atom. The largest absolute Gasteiger partial charge is 0.377 e. The lowest BCUT2D eigenvalue weighted by Gasteiger charge is -2.07. The van der Waals surface area contributed by atoms with Crippen molar-refractivity contribution >= 4 is 21.6 Å². The van der Waals surface area contributed by atoms with Gasteiger partial charge in [0.25, 0.3) is 0 Å². The average molecular weight is 310 g/mol. The molecule has 2 aromatic rings. The summed E-state index contributed by atoms with van der Waals surface area (Å²) >= 11 is 3.05. The van der Waals surface area contributed by atoms with E-state index in [1.165, 1.54) is 6.07 Å². The number of hydrogen-bond acceptors (Lipinski definition) is 4. The summed E-state index contributed by atoms with van der Waals surface area (Å²) in [5.74, 6) is 0.211. The van der Waals surface area contributed by atoms with Crippen LogP contribution in [0.4, 0.5) is 10.1 Å². The molecule has 1 aromatic heterocycles. The zero-order chi connectivity index (χ0) is 13.1. The summed E-state index contributed by atoms with van der Waals surface area (Å²) < 4.78 is 18.9. The number of aromatic nitrogens is 1. The lowest BCUT2D eigenvalue weighted by atomic mass is 10.2. The zero-order valence-corrected chi connectivity index (χ0v) is 11.1. The van der Waals surface area contributed by atoms with Gasteiger partial charge in [-0.1, -0.05) is 5.16 Å². The van der Waals surface area contributed by atoms with Crippen molar-refractivity contribution in [3.63, 3.8) is 0 Å². The molecule has 0 spiro atoms. The van der Waals surface area contributed by atoms with Crippen molar-refractivity contribution in [3.05, 3.63) is 45.5 Å². The highest BCUT2D eigenvalue weighted by molar-refractivity contribution is 9.10. The van der Waals surface area contributed by atoms with Gasteiger partial charge in [-0.25, -0.2) is 4.39 Å². The van der Waals surface area contributed by atoms with E-state index in [1.807, 2.05) is 6.07 Å². The summed E-state index contributed by atoms with van der Waals surface area (Å²) in [6.07, 6.45) is 0. The smallest absolute Gasteiger partial charge is 0.161 e. The maximum Gasteiger partial charge on any atom is 0.161 e. The molecule has 6 heteroatoms. The fourth-order valence-corrected chi connectivity index (χ4v) is 1.89. The Bertz CT molecular complexity index is 618. The van der Waals surface area contributed by atoms with Crippen molar-refractivity contribution < 1.29 is 8.91 Å². The molecule has 4 nitrogen and oxygen atoms in total. The highest BCUT2D eigenvalue weighted by Gasteiger charge is 2.11. The van der Waals surface area contributed by atoms with Gasteiger partial charge in [0.05, 0.1) is 22.3 Å². The molecule has 0 saturated carbocycles. The van der Waals surface area contributed by atoms with Crippen molar-refractivity contribution in [3.8, 4) is 6.07 Å². The molecule has 0 atom stereocenters. The third kappa shape index (κ3) is 2.51. The van der Waals surface area contributed by atoms with Gasteiger partial charge in [-0.05, 0) is 35.0 Å². The third-order valence-electron chi connectivity index (χ3n) is 2.34. The first-order valence-electron chi connectivity index (χ1n) is 5.16. The second-order valence-corrected chi connectivity index (χ2v) is 4.48. The van der Waals surface area contributed by atoms with Crippen LogP contribution in [0.2, 0.25) is 0 Å². The van der Waals surface area contributed by atoms with Gasteiger partial charge in [0.15, 0.2) is 5.82 Å². The molecule has 1 aromatic carbocycles. The molecule has 0 aliphatic heterocycles. The van der Waals surface area contributed by atoms with Crippen LogP contribution in [0.25, 0.3) is 0 Å². The topological polar surface area (TPSA) is 61.9 Å². The first kappa shape index (κ1) is 12.6. The number of benzene rings is 1. The lowest BCUT2D eigenvalue weighted by Crippen LogP contribution is -2.02. The van der Waals surface area contributed by atoms with Crippen molar-refractivity contribution in [2.24, 2.45) is 0 Å². The Morgan fingerprint density at radius 3 is 2.94 bits per heavy atom. The number of rotatable bonds is 3. The SMILES string of the molecule is Cc1cc(CNc2ccc(C#N)c(Br)c2F)no1. The number of nitrogens with zero attached hydrogens (tertiary/aromatic N) is 2. The summed E-state index contributed by atoms with van der Waals surface area (Å²) in [4.78, 5) is 0. The molecule has 0 amide bonds. The Hall–Kier alpha value is -1.87. The van der Waals surface area contributed by atoms with Crippen LogP contribution in [0.5, 0.6) is 0 Å². The van der Waals surface area contributed by atoms with Gasteiger partial charge >= 0.3 is 0 Å². The molecular formula is C12H9BrFN3O. The highest BCUT2D eigenvalue weighted by atomic mass is 79.9. The summed E-state index contributed by atoms with van der Waals surface area (Å²) in [7, 11) is 0. The van der Waals surface area contributed by atoms with E-state index in [0.717, 1.165) is 0 Å². The van der Waals surface area contributed by atoms with Crippen molar-refractivity contribution in [1.82, 2.24) is 5.16 Å². The van der Waals surface area contributed by atoms with Crippen LogP contribution in [0.3, 0.4) is 0 Å². The number of nitrogens with one attached hydrogen (secondary N) is 1. The van der Waals surface area contributed by atoms with Gasteiger partial charge in [0.2, 0.25) is 0 Å². The third-order valence-corrected chi connectivity index (χ3v) is 3.11. The van der Waals surface area contributed by atoms with E-state index in [0.29, 0.717) is 23.7 Å². The lowest BCUT2D eigenvalue weighted by molar-refractivity contribution is 0.391. The number of hydrogen-bond donors (Lipinski definition) is 1. The average Bonchev–Trinajstić information content (AvgIpc) is 2.77. The van der Waals surface area contributed by atoms with Gasteiger partial charge in [0, 0.05) is 6.07 Å². The van der Waals surface area contributed by atoms with Gasteiger partial charge in [-0.2, -0.15) is 5.26 Å². The van der Waals surface area contributed by atoms with Crippen LogP contribution in [-0.4, -0.2) is 5.16 Å². The quantitative estimate of drug-likeness (QED) is 0.944. The predicted octanol–water partition coefficient (Wildman–Crippen LogP) is 3.37. The highest BCUT2D eigenvalue weighted by Crippen LogP contribution is 2.26. The van der Waals surface area contributed by atoms with Crippen molar-refractivity contribution in [2.45, 2.75) is 13.5 Å². The first-order valence-corrected chi connectivity index (χ1v) is 5.95. The molecule has 0 unspecified atom stereocenters. The molecular weight excluding hydrogens is 301 g/mol. The van der Waals surface area contributed by atoms with Gasteiger partial charge < -0.3 is 9.84 Å². The summed E-state index contributed by atoms with van der Waals surface area (Å²) in [5, 5.41) is 15.4. The van der Waals surface area contributed by atoms with Gasteiger partial charge in [-0.15, -0.1) is 0 Å². The number of nitriles is 1. The van der Waals surface area contributed by atoms with Crippen molar-refractivity contribution in [1.29, 1.82) is 5.26 Å². The van der Waals surface area contributed by atoms with Crippen LogP contribution in [0.15, 0.2) is 27.2 Å². The Labute approximate surface area is 112 Å². The molecule has 0 bridgehead atoms. The molecule has 0 aliphatic carbocycles. The first-order chi connectivity index (χ1) is 8.61. The van der Waals surface area contributed by atoms with E-state index in [1.54, 1.807) is 19.1 Å². The second kappa shape index (κ2) is 5.19. The molecule has 0 saturated heterocycles. The minimum Gasteiger partial charge on any atom is -0.377 e. The van der Waals surface area contributed by atoms with Gasteiger partial charge in [-0.3, -0.25) is 0 Å². The van der Waals surface area contributed by atoms with E-state index < -0.39 is 5.82 Å². The van der Waals surface area contributed by atoms with Crippen LogP contribution in [-0.2, 0) is 6.54 Å². The molecule has 0 fully saturated rings. The number of halogens is 2. The molecule has 1 N–H and O–H groups in total. The molecule has 2 rings (SSSR count). The summed E-state index contributed by atoms with van der Waals surface area (Å²) in [6, 6.07) is 6.73. The number of aryl methyl sites for hydroxylation is 1. The van der Waals surface area contributed by atoms with E-state index in [-0.39, 0.29) is 10.0 Å². The van der Waals surface area contributed by atoms with E-state index in [2.05, 4.69) is 26.4 Å². The summed E-state index contributed by atoms with van der Waals surface area (Å²) in [6.45, 7) is 2.14. The fraction of sp³-hybridized carbons (Fsp3) is 0.167. The Kier molecular flexibility index (Phi) is 3.63. The maximum atomic E-state index is 13.9. The zero-order valence-electron chi connectivity index (χ0n) is 9.50. The molecule has 0 radical (unpaired) electrons. The predicted molar refractivity (Wildman–Crippen MR) is 67.4 cm³/mol. The maximum absolute atomic E-state index is 13.9. The Morgan fingerprint density at radius 2 is 2.33 bits per heavy atom. The van der Waals surface area contributed by atoms with Crippen LogP contribution < -0.4 is 5.32 Å².